The normalized spacial score (nSPS) is 9.88. The maximum atomic E-state index is 11.6. The van der Waals surface area contributed by atoms with Crippen molar-refractivity contribution in [2.45, 2.75) is 19.8 Å². The van der Waals surface area contributed by atoms with Crippen molar-refractivity contribution < 1.29 is 14.3 Å². The number of hydrogen-bond donors (Lipinski definition) is 1. The smallest absolute Gasteiger partial charge is 0.338 e. The molecule has 1 rings (SSSR count). The molecule has 2 N–H and O–H groups in total. The third-order valence-electron chi connectivity index (χ3n) is 2.20. The van der Waals surface area contributed by atoms with Crippen LogP contribution in [0.2, 0.25) is 0 Å². The lowest BCUT2D eigenvalue weighted by atomic mass is 10.2. The van der Waals surface area contributed by atoms with Crippen LogP contribution < -0.4 is 10.5 Å². The van der Waals surface area contributed by atoms with Crippen LogP contribution in [-0.4, -0.2) is 19.7 Å². The first-order chi connectivity index (χ1) is 7.69. The van der Waals surface area contributed by atoms with Gasteiger partial charge >= 0.3 is 5.97 Å². The van der Waals surface area contributed by atoms with Gasteiger partial charge < -0.3 is 15.2 Å². The lowest BCUT2D eigenvalue weighted by Gasteiger charge is -2.07. The first-order valence-corrected chi connectivity index (χ1v) is 5.29. The number of carbonyl (C=O) groups excluding carboxylic acids is 1. The van der Waals surface area contributed by atoms with Crippen LogP contribution in [0, 0.1) is 0 Å². The summed E-state index contributed by atoms with van der Waals surface area (Å²) in [5.41, 5.74) is 6.61. The highest BCUT2D eigenvalue weighted by Gasteiger charge is 2.09. The fourth-order valence-electron chi connectivity index (χ4n) is 1.23. The fourth-order valence-corrected chi connectivity index (χ4v) is 1.23. The Kier molecular flexibility index (Phi) is 4.64. The second kappa shape index (κ2) is 6.00. The number of esters is 1. The van der Waals surface area contributed by atoms with Crippen LogP contribution in [0.15, 0.2) is 18.2 Å². The molecule has 0 spiro atoms. The van der Waals surface area contributed by atoms with Crippen molar-refractivity contribution in [2.24, 2.45) is 0 Å². The molecule has 4 heteroatoms. The van der Waals surface area contributed by atoms with Crippen LogP contribution in [0.5, 0.6) is 5.75 Å². The molecular formula is C12H17NO3. The zero-order valence-corrected chi connectivity index (χ0v) is 9.66. The Balaban J connectivity index is 2.68. The van der Waals surface area contributed by atoms with E-state index in [9.17, 15) is 4.79 Å². The quantitative estimate of drug-likeness (QED) is 0.472. The Hall–Kier alpha value is -1.71. The van der Waals surface area contributed by atoms with E-state index < -0.39 is 0 Å². The van der Waals surface area contributed by atoms with Gasteiger partial charge in [-0.05, 0) is 24.6 Å². The van der Waals surface area contributed by atoms with Gasteiger partial charge in [-0.2, -0.15) is 0 Å². The summed E-state index contributed by atoms with van der Waals surface area (Å²) in [7, 11) is 1.51. The fraction of sp³-hybridized carbons (Fsp3) is 0.417. The standard InChI is InChI=1S/C12H17NO3/c1-3-4-7-16-12(14)9-5-6-10(13)11(8-9)15-2/h5-6,8H,3-4,7,13H2,1-2H3. The van der Waals surface area contributed by atoms with E-state index in [2.05, 4.69) is 0 Å². The average Bonchev–Trinajstić information content (AvgIpc) is 2.30. The zero-order chi connectivity index (χ0) is 12.0. The molecule has 0 amide bonds. The Morgan fingerprint density at radius 2 is 2.19 bits per heavy atom. The van der Waals surface area contributed by atoms with Crippen molar-refractivity contribution in [1.82, 2.24) is 0 Å². The summed E-state index contributed by atoms with van der Waals surface area (Å²) >= 11 is 0. The van der Waals surface area contributed by atoms with Crippen molar-refractivity contribution in [3.63, 3.8) is 0 Å². The van der Waals surface area contributed by atoms with Crippen molar-refractivity contribution >= 4 is 11.7 Å². The highest BCUT2D eigenvalue weighted by atomic mass is 16.5. The Morgan fingerprint density at radius 1 is 1.44 bits per heavy atom. The van der Waals surface area contributed by atoms with Gasteiger partial charge in [0.2, 0.25) is 0 Å². The van der Waals surface area contributed by atoms with E-state index in [1.165, 1.54) is 7.11 Å². The number of ether oxygens (including phenoxy) is 2. The summed E-state index contributed by atoms with van der Waals surface area (Å²) in [6.45, 7) is 2.49. The van der Waals surface area contributed by atoms with E-state index in [-0.39, 0.29) is 5.97 Å². The second-order valence-electron chi connectivity index (χ2n) is 3.45. The molecule has 0 aliphatic carbocycles. The largest absolute Gasteiger partial charge is 0.495 e. The van der Waals surface area contributed by atoms with Gasteiger partial charge in [0.1, 0.15) is 5.75 Å². The Bertz CT molecular complexity index is 363. The van der Waals surface area contributed by atoms with E-state index in [1.54, 1.807) is 18.2 Å². The van der Waals surface area contributed by atoms with Gasteiger partial charge in [0.15, 0.2) is 0 Å². The summed E-state index contributed by atoms with van der Waals surface area (Å²) in [6.07, 6.45) is 1.87. The van der Waals surface area contributed by atoms with E-state index in [0.717, 1.165) is 12.8 Å². The van der Waals surface area contributed by atoms with Crippen LogP contribution in [0.3, 0.4) is 0 Å². The highest BCUT2D eigenvalue weighted by Crippen LogP contribution is 2.22. The van der Waals surface area contributed by atoms with E-state index in [1.807, 2.05) is 6.92 Å². The van der Waals surface area contributed by atoms with E-state index in [0.29, 0.717) is 23.6 Å². The second-order valence-corrected chi connectivity index (χ2v) is 3.45. The Labute approximate surface area is 95.3 Å². The lowest BCUT2D eigenvalue weighted by Crippen LogP contribution is -2.07. The highest BCUT2D eigenvalue weighted by molar-refractivity contribution is 5.90. The average molecular weight is 223 g/mol. The monoisotopic (exact) mass is 223 g/mol. The van der Waals surface area contributed by atoms with Crippen LogP contribution >= 0.6 is 0 Å². The third-order valence-corrected chi connectivity index (χ3v) is 2.20. The minimum Gasteiger partial charge on any atom is -0.495 e. The SMILES string of the molecule is CCCCOC(=O)c1ccc(N)c(OC)c1. The molecule has 0 saturated heterocycles. The molecule has 0 bridgehead atoms. The number of benzene rings is 1. The molecule has 16 heavy (non-hydrogen) atoms. The number of anilines is 1. The molecule has 0 aromatic heterocycles. The minimum atomic E-state index is -0.341. The molecule has 0 unspecified atom stereocenters. The van der Waals surface area contributed by atoms with Gasteiger partial charge in [-0.1, -0.05) is 13.3 Å². The predicted octanol–water partition coefficient (Wildman–Crippen LogP) is 2.23. The molecule has 0 radical (unpaired) electrons. The maximum absolute atomic E-state index is 11.6. The molecule has 88 valence electrons. The summed E-state index contributed by atoms with van der Waals surface area (Å²) in [6, 6.07) is 4.85. The predicted molar refractivity (Wildman–Crippen MR) is 62.6 cm³/mol. The minimum absolute atomic E-state index is 0.341. The molecule has 0 aliphatic rings. The summed E-state index contributed by atoms with van der Waals surface area (Å²) in [4.78, 5) is 11.6. The first-order valence-electron chi connectivity index (χ1n) is 5.29. The van der Waals surface area contributed by atoms with E-state index >= 15 is 0 Å². The van der Waals surface area contributed by atoms with E-state index in [4.69, 9.17) is 15.2 Å². The van der Waals surface area contributed by atoms with Crippen molar-refractivity contribution in [1.29, 1.82) is 0 Å². The van der Waals surface area contributed by atoms with Crippen LogP contribution in [-0.2, 0) is 4.74 Å². The Morgan fingerprint density at radius 3 is 2.81 bits per heavy atom. The molecule has 0 fully saturated rings. The maximum Gasteiger partial charge on any atom is 0.338 e. The van der Waals surface area contributed by atoms with Crippen molar-refractivity contribution in [3.05, 3.63) is 23.8 Å². The number of carbonyl (C=O) groups is 1. The summed E-state index contributed by atoms with van der Waals surface area (Å²) < 4.78 is 10.1. The number of hydrogen-bond acceptors (Lipinski definition) is 4. The molecule has 0 atom stereocenters. The molecule has 1 aromatic carbocycles. The lowest BCUT2D eigenvalue weighted by molar-refractivity contribution is 0.0499. The first kappa shape index (κ1) is 12.4. The molecule has 0 aliphatic heterocycles. The summed E-state index contributed by atoms with van der Waals surface area (Å²) in [5.74, 6) is 0.150. The van der Waals surface area contributed by atoms with Crippen LogP contribution in [0.4, 0.5) is 5.69 Å². The van der Waals surface area contributed by atoms with Crippen molar-refractivity contribution in [3.8, 4) is 5.75 Å². The van der Waals surface area contributed by atoms with Gasteiger partial charge in [-0.15, -0.1) is 0 Å². The number of nitrogen functional groups attached to an aromatic ring is 1. The topological polar surface area (TPSA) is 61.5 Å². The summed E-state index contributed by atoms with van der Waals surface area (Å²) in [5, 5.41) is 0. The van der Waals surface area contributed by atoms with Gasteiger partial charge in [-0.3, -0.25) is 0 Å². The molecule has 0 heterocycles. The zero-order valence-electron chi connectivity index (χ0n) is 9.66. The van der Waals surface area contributed by atoms with Gasteiger partial charge in [-0.25, -0.2) is 4.79 Å². The molecular weight excluding hydrogens is 206 g/mol. The molecule has 1 aromatic rings. The van der Waals surface area contributed by atoms with Gasteiger partial charge in [0, 0.05) is 0 Å². The number of methoxy groups -OCH3 is 1. The third kappa shape index (κ3) is 3.15. The number of nitrogens with two attached hydrogens (primary N) is 1. The van der Waals surface area contributed by atoms with Crippen molar-refractivity contribution in [2.75, 3.05) is 19.5 Å². The molecule has 0 saturated carbocycles. The molecule has 4 nitrogen and oxygen atoms in total. The van der Waals surface area contributed by atoms with Crippen LogP contribution in [0.1, 0.15) is 30.1 Å². The van der Waals surface area contributed by atoms with Gasteiger partial charge in [0.25, 0.3) is 0 Å². The number of rotatable bonds is 5. The van der Waals surface area contributed by atoms with Gasteiger partial charge in [0.05, 0.1) is 25.0 Å². The number of unbranched alkanes of at least 4 members (excludes halogenated alkanes) is 1. The van der Waals surface area contributed by atoms with Crippen LogP contribution in [0.25, 0.3) is 0 Å².